The molecule has 0 unspecified atom stereocenters. The molecule has 10 heavy (non-hydrogen) atoms. The molecule has 0 saturated heterocycles. The second-order valence-corrected chi connectivity index (χ2v) is 2.56. The molecular weight excluding hydrogens is 121 g/mol. The smallest absolute Gasteiger partial charge is 0 e. The van der Waals surface area contributed by atoms with Gasteiger partial charge in [0, 0.05) is 8.41 Å². The van der Waals surface area contributed by atoms with Crippen molar-refractivity contribution in [2.75, 3.05) is 6.54 Å². The monoisotopic (exact) mass is 140 g/mol. The Morgan fingerprint density at radius 1 is 0.900 bits per heavy atom. The molecule has 0 heterocycles. The van der Waals surface area contributed by atoms with Crippen molar-refractivity contribution in [2.24, 2.45) is 5.73 Å². The van der Waals surface area contributed by atoms with E-state index in [9.17, 15) is 0 Å². The van der Waals surface area contributed by atoms with Gasteiger partial charge in [-0.1, -0.05) is 39.0 Å². The maximum absolute atomic E-state index is 5.34. The molecule has 0 aliphatic heterocycles. The molecule has 0 aliphatic carbocycles. The van der Waals surface area contributed by atoms with E-state index in [-0.39, 0.29) is 8.41 Å². The van der Waals surface area contributed by atoms with Crippen molar-refractivity contribution in [2.45, 2.75) is 45.4 Å². The summed E-state index contributed by atoms with van der Waals surface area (Å²) in [6, 6.07) is 0. The Morgan fingerprint density at radius 3 is 1.90 bits per heavy atom. The normalized spacial score (nSPS) is 9.00. The first kappa shape index (κ1) is 12.7. The van der Waals surface area contributed by atoms with E-state index < -0.39 is 0 Å². The minimum atomic E-state index is 0. The summed E-state index contributed by atoms with van der Waals surface area (Å²) in [7, 11) is 0. The molecule has 2 heteroatoms. The van der Waals surface area contributed by atoms with Crippen molar-refractivity contribution in [3.63, 3.8) is 0 Å². The zero-order valence-electron chi connectivity index (χ0n) is 7.10. The fraction of sp³-hybridized carbons (Fsp3) is 1.00. The van der Waals surface area contributed by atoms with Crippen LogP contribution in [-0.4, -0.2) is 15.0 Å². The first-order valence-electron chi connectivity index (χ1n) is 4.12. The zero-order chi connectivity index (χ0) is 6.95. The molecule has 0 aromatic heterocycles. The van der Waals surface area contributed by atoms with Crippen molar-refractivity contribution >= 4 is 8.41 Å². The van der Waals surface area contributed by atoms with E-state index in [1.165, 1.54) is 38.5 Å². The van der Waals surface area contributed by atoms with E-state index in [2.05, 4.69) is 6.92 Å². The minimum absolute atomic E-state index is 0. The Hall–Kier alpha value is 0.0249. The lowest BCUT2D eigenvalue weighted by Gasteiger charge is -1.96. The average Bonchev–Trinajstić information content (AvgIpc) is 1.89. The van der Waals surface area contributed by atoms with E-state index in [0.29, 0.717) is 0 Å². The highest BCUT2D eigenvalue weighted by atomic mass is 14.5. The molecule has 0 atom stereocenters. The molecule has 0 aliphatic rings. The van der Waals surface area contributed by atoms with Crippen molar-refractivity contribution in [1.29, 1.82) is 0 Å². The van der Waals surface area contributed by atoms with Crippen LogP contribution in [0.3, 0.4) is 0 Å². The molecule has 0 aromatic carbocycles. The van der Waals surface area contributed by atoms with Crippen molar-refractivity contribution < 1.29 is 0 Å². The van der Waals surface area contributed by atoms with Gasteiger partial charge in [-0.15, -0.1) is 0 Å². The summed E-state index contributed by atoms with van der Waals surface area (Å²) in [5.74, 6) is 0. The third kappa shape index (κ3) is 10.9. The Kier molecular flexibility index (Phi) is 14.9. The Bertz CT molecular complexity index is 42.5. The van der Waals surface area contributed by atoms with E-state index in [1.54, 1.807) is 0 Å². The molecule has 0 saturated carbocycles. The van der Waals surface area contributed by atoms with Crippen LogP contribution in [0.15, 0.2) is 0 Å². The predicted octanol–water partition coefficient (Wildman–Crippen LogP) is 1.92. The summed E-state index contributed by atoms with van der Waals surface area (Å²) in [5, 5.41) is 0. The number of hydrogen-bond donors (Lipinski definition) is 1. The summed E-state index contributed by atoms with van der Waals surface area (Å²) < 4.78 is 0. The van der Waals surface area contributed by atoms with E-state index in [1.807, 2.05) is 0 Å². The fourth-order valence-corrected chi connectivity index (χ4v) is 0.925. The van der Waals surface area contributed by atoms with Gasteiger partial charge in [-0.3, -0.25) is 0 Å². The Morgan fingerprint density at radius 2 is 1.40 bits per heavy atom. The third-order valence-corrected chi connectivity index (χ3v) is 1.56. The number of nitrogens with two attached hydrogens (primary N) is 1. The van der Waals surface area contributed by atoms with Crippen LogP contribution in [0, 0.1) is 0 Å². The maximum atomic E-state index is 5.34. The highest BCUT2D eigenvalue weighted by Crippen LogP contribution is 2.03. The van der Waals surface area contributed by atoms with E-state index >= 15 is 0 Å². The minimum Gasteiger partial charge on any atom is -0.330 e. The van der Waals surface area contributed by atoms with Crippen LogP contribution in [0.4, 0.5) is 0 Å². The Labute approximate surface area is 67.0 Å². The molecule has 0 spiro atoms. The number of hydrogen-bond acceptors (Lipinski definition) is 1. The van der Waals surface area contributed by atoms with Gasteiger partial charge in [0.25, 0.3) is 0 Å². The van der Waals surface area contributed by atoms with Crippen LogP contribution in [0.1, 0.15) is 45.4 Å². The van der Waals surface area contributed by atoms with Crippen LogP contribution in [0.5, 0.6) is 0 Å². The molecule has 3 radical (unpaired) electrons. The molecule has 0 bridgehead atoms. The van der Waals surface area contributed by atoms with Crippen LogP contribution < -0.4 is 5.73 Å². The maximum Gasteiger partial charge on any atom is 0 e. The van der Waals surface area contributed by atoms with Gasteiger partial charge in [-0.25, -0.2) is 0 Å². The van der Waals surface area contributed by atoms with E-state index in [4.69, 9.17) is 5.73 Å². The van der Waals surface area contributed by atoms with Gasteiger partial charge >= 0.3 is 0 Å². The summed E-state index contributed by atoms with van der Waals surface area (Å²) >= 11 is 0. The molecule has 0 amide bonds. The lowest BCUT2D eigenvalue weighted by molar-refractivity contribution is 0.612. The SMILES string of the molecule is CCCCCCCCN.[B]. The van der Waals surface area contributed by atoms with Gasteiger partial charge in [0.2, 0.25) is 0 Å². The fourth-order valence-electron chi connectivity index (χ4n) is 0.925. The first-order valence-corrected chi connectivity index (χ1v) is 4.12. The van der Waals surface area contributed by atoms with Crippen LogP contribution in [0.25, 0.3) is 0 Å². The molecule has 0 aromatic rings. The van der Waals surface area contributed by atoms with E-state index in [0.717, 1.165) is 6.54 Å². The molecular formula is C8H19BN. The third-order valence-electron chi connectivity index (χ3n) is 1.56. The lowest BCUT2D eigenvalue weighted by Crippen LogP contribution is -1.97. The predicted molar refractivity (Wildman–Crippen MR) is 48.2 cm³/mol. The van der Waals surface area contributed by atoms with Gasteiger partial charge in [0.05, 0.1) is 0 Å². The average molecular weight is 140 g/mol. The number of rotatable bonds is 6. The van der Waals surface area contributed by atoms with Gasteiger partial charge in [0.1, 0.15) is 0 Å². The second-order valence-electron chi connectivity index (χ2n) is 2.56. The summed E-state index contributed by atoms with van der Waals surface area (Å²) in [5.41, 5.74) is 5.34. The zero-order valence-corrected chi connectivity index (χ0v) is 7.10. The highest BCUT2D eigenvalue weighted by molar-refractivity contribution is 5.75. The molecule has 59 valence electrons. The molecule has 0 rings (SSSR count). The van der Waals surface area contributed by atoms with Gasteiger partial charge in [-0.05, 0) is 13.0 Å². The standard InChI is InChI=1S/C8H19N.B/c1-2-3-4-5-6-7-8-9;/h2-9H2,1H3;. The summed E-state index contributed by atoms with van der Waals surface area (Å²) in [6.07, 6.45) is 8.05. The quantitative estimate of drug-likeness (QED) is 0.442. The summed E-state index contributed by atoms with van der Waals surface area (Å²) in [4.78, 5) is 0. The largest absolute Gasteiger partial charge is 0.330 e. The van der Waals surface area contributed by atoms with Gasteiger partial charge in [-0.2, -0.15) is 0 Å². The summed E-state index contributed by atoms with van der Waals surface area (Å²) in [6.45, 7) is 3.11. The van der Waals surface area contributed by atoms with Crippen molar-refractivity contribution in [3.8, 4) is 0 Å². The first-order chi connectivity index (χ1) is 4.41. The van der Waals surface area contributed by atoms with Crippen molar-refractivity contribution in [3.05, 3.63) is 0 Å². The molecule has 2 N–H and O–H groups in total. The van der Waals surface area contributed by atoms with Crippen LogP contribution in [0.2, 0.25) is 0 Å². The Balaban J connectivity index is 0. The topological polar surface area (TPSA) is 26.0 Å². The lowest BCUT2D eigenvalue weighted by atomic mass is 10.1. The highest BCUT2D eigenvalue weighted by Gasteiger charge is 1.85. The van der Waals surface area contributed by atoms with Crippen molar-refractivity contribution in [1.82, 2.24) is 0 Å². The molecule has 1 nitrogen and oxygen atoms in total. The number of unbranched alkanes of at least 4 members (excludes halogenated alkanes) is 5. The second kappa shape index (κ2) is 11.8. The van der Waals surface area contributed by atoms with Gasteiger partial charge in [0.15, 0.2) is 0 Å². The van der Waals surface area contributed by atoms with Crippen LogP contribution in [-0.2, 0) is 0 Å². The van der Waals surface area contributed by atoms with Crippen LogP contribution >= 0.6 is 0 Å². The molecule has 0 fully saturated rings. The van der Waals surface area contributed by atoms with Gasteiger partial charge < -0.3 is 5.73 Å².